The van der Waals surface area contributed by atoms with Crippen molar-refractivity contribution >= 4 is 11.5 Å². The summed E-state index contributed by atoms with van der Waals surface area (Å²) in [4.78, 5) is 16.7. The van der Waals surface area contributed by atoms with Crippen LogP contribution in [0.3, 0.4) is 0 Å². The van der Waals surface area contributed by atoms with Crippen LogP contribution in [0.25, 0.3) is 0 Å². The quantitative estimate of drug-likeness (QED) is 0.424. The lowest BCUT2D eigenvalue weighted by Crippen LogP contribution is -2.15. The SMILES string of the molecule is CCCNc1cc([N+](=O)[O-])cc(OCCCN(C)C)n1. The first-order valence-electron chi connectivity index (χ1n) is 6.70. The molecule has 1 aromatic heterocycles. The molecule has 0 radical (unpaired) electrons. The Hall–Kier alpha value is -1.89. The zero-order valence-corrected chi connectivity index (χ0v) is 12.3. The molecule has 0 aromatic carbocycles. The van der Waals surface area contributed by atoms with Crippen LogP contribution in [0.5, 0.6) is 5.88 Å². The molecule has 0 saturated carbocycles. The van der Waals surface area contributed by atoms with Gasteiger partial charge in [-0.2, -0.15) is 4.98 Å². The number of hydrogen-bond donors (Lipinski definition) is 1. The standard InChI is InChI=1S/C13H22N4O3/c1-4-6-14-12-9-11(17(18)19)10-13(15-12)20-8-5-7-16(2)3/h9-10H,4-8H2,1-3H3,(H,14,15). The highest BCUT2D eigenvalue weighted by molar-refractivity contribution is 5.48. The molecule has 0 aliphatic carbocycles. The summed E-state index contributed by atoms with van der Waals surface area (Å²) in [6.45, 7) is 4.12. The fourth-order valence-corrected chi connectivity index (χ4v) is 1.57. The van der Waals surface area contributed by atoms with E-state index >= 15 is 0 Å². The van der Waals surface area contributed by atoms with E-state index in [0.29, 0.717) is 19.0 Å². The van der Waals surface area contributed by atoms with Gasteiger partial charge in [0.05, 0.1) is 23.7 Å². The number of hydrogen-bond acceptors (Lipinski definition) is 6. The van der Waals surface area contributed by atoms with Crippen molar-refractivity contribution < 1.29 is 9.66 Å². The molecule has 112 valence electrons. The highest BCUT2D eigenvalue weighted by Crippen LogP contribution is 2.22. The van der Waals surface area contributed by atoms with Crippen molar-refractivity contribution in [1.29, 1.82) is 0 Å². The monoisotopic (exact) mass is 282 g/mol. The van der Waals surface area contributed by atoms with Crippen molar-refractivity contribution in [2.24, 2.45) is 0 Å². The highest BCUT2D eigenvalue weighted by Gasteiger charge is 2.11. The molecule has 1 rings (SSSR count). The third-order valence-electron chi connectivity index (χ3n) is 2.55. The smallest absolute Gasteiger partial charge is 0.278 e. The molecule has 1 aromatic rings. The van der Waals surface area contributed by atoms with Crippen LogP contribution in [-0.4, -0.2) is 48.6 Å². The molecule has 0 fully saturated rings. The first-order valence-corrected chi connectivity index (χ1v) is 6.70. The van der Waals surface area contributed by atoms with Crippen LogP contribution in [0.4, 0.5) is 11.5 Å². The maximum Gasteiger partial charge on any atom is 0.278 e. The summed E-state index contributed by atoms with van der Waals surface area (Å²) < 4.78 is 5.49. The van der Waals surface area contributed by atoms with Crippen LogP contribution >= 0.6 is 0 Å². The average molecular weight is 282 g/mol. The van der Waals surface area contributed by atoms with Gasteiger partial charge in [-0.15, -0.1) is 0 Å². The van der Waals surface area contributed by atoms with Gasteiger partial charge in [-0.05, 0) is 26.9 Å². The van der Waals surface area contributed by atoms with Crippen molar-refractivity contribution in [2.75, 3.05) is 39.1 Å². The van der Waals surface area contributed by atoms with Gasteiger partial charge in [-0.25, -0.2) is 0 Å². The summed E-state index contributed by atoms with van der Waals surface area (Å²) in [5, 5.41) is 13.9. The average Bonchev–Trinajstić information content (AvgIpc) is 2.41. The van der Waals surface area contributed by atoms with Crippen LogP contribution < -0.4 is 10.1 Å². The predicted octanol–water partition coefficient (Wildman–Crippen LogP) is 2.14. The van der Waals surface area contributed by atoms with Crippen molar-refractivity contribution in [3.05, 3.63) is 22.2 Å². The van der Waals surface area contributed by atoms with Gasteiger partial charge >= 0.3 is 0 Å². The maximum atomic E-state index is 10.9. The van der Waals surface area contributed by atoms with Gasteiger partial charge in [0.1, 0.15) is 5.82 Å². The van der Waals surface area contributed by atoms with E-state index in [9.17, 15) is 10.1 Å². The van der Waals surface area contributed by atoms with E-state index in [4.69, 9.17) is 4.74 Å². The van der Waals surface area contributed by atoms with E-state index in [0.717, 1.165) is 19.4 Å². The van der Waals surface area contributed by atoms with Gasteiger partial charge in [0.2, 0.25) is 5.88 Å². The lowest BCUT2D eigenvalue weighted by Gasteiger charge is -2.11. The Morgan fingerprint density at radius 2 is 2.20 bits per heavy atom. The van der Waals surface area contributed by atoms with Crippen molar-refractivity contribution in [1.82, 2.24) is 9.88 Å². The second-order valence-corrected chi connectivity index (χ2v) is 4.74. The molecule has 0 unspecified atom stereocenters. The molecule has 0 spiro atoms. The van der Waals surface area contributed by atoms with Gasteiger partial charge in [-0.3, -0.25) is 10.1 Å². The van der Waals surface area contributed by atoms with Gasteiger partial charge in [0.15, 0.2) is 0 Å². The summed E-state index contributed by atoms with van der Waals surface area (Å²) in [6.07, 6.45) is 1.76. The molecule has 0 atom stereocenters. The number of nitrogens with one attached hydrogen (secondary N) is 1. The summed E-state index contributed by atoms with van der Waals surface area (Å²) in [5.74, 6) is 0.764. The fourth-order valence-electron chi connectivity index (χ4n) is 1.57. The lowest BCUT2D eigenvalue weighted by atomic mass is 10.3. The van der Waals surface area contributed by atoms with Gasteiger partial charge in [0, 0.05) is 13.1 Å². The molecule has 0 aliphatic rings. The van der Waals surface area contributed by atoms with Gasteiger partial charge in [0.25, 0.3) is 5.69 Å². The van der Waals surface area contributed by atoms with Crippen LogP contribution in [0.2, 0.25) is 0 Å². The third-order valence-corrected chi connectivity index (χ3v) is 2.55. The largest absolute Gasteiger partial charge is 0.477 e. The van der Waals surface area contributed by atoms with E-state index in [1.54, 1.807) is 0 Å². The Kier molecular flexibility index (Phi) is 6.72. The minimum absolute atomic E-state index is 0.0128. The Bertz CT molecular complexity index is 438. The van der Waals surface area contributed by atoms with Crippen molar-refractivity contribution in [3.8, 4) is 5.88 Å². The van der Waals surface area contributed by atoms with Crippen LogP contribution in [0.1, 0.15) is 19.8 Å². The second-order valence-electron chi connectivity index (χ2n) is 4.74. The molecule has 0 saturated heterocycles. The number of aromatic nitrogens is 1. The number of nitro groups is 1. The molecule has 0 aliphatic heterocycles. The Morgan fingerprint density at radius 1 is 1.45 bits per heavy atom. The van der Waals surface area contributed by atoms with Crippen molar-refractivity contribution in [2.45, 2.75) is 19.8 Å². The van der Waals surface area contributed by atoms with Crippen molar-refractivity contribution in [3.63, 3.8) is 0 Å². The van der Waals surface area contributed by atoms with Gasteiger partial charge in [-0.1, -0.05) is 6.92 Å². The Labute approximate surface area is 119 Å². The number of anilines is 1. The van der Waals surface area contributed by atoms with Crippen LogP contribution in [0.15, 0.2) is 12.1 Å². The highest BCUT2D eigenvalue weighted by atomic mass is 16.6. The minimum Gasteiger partial charge on any atom is -0.477 e. The van der Waals surface area contributed by atoms with E-state index < -0.39 is 4.92 Å². The number of pyridine rings is 1. The van der Waals surface area contributed by atoms with Crippen LogP contribution in [0, 0.1) is 10.1 Å². The maximum absolute atomic E-state index is 10.9. The van der Waals surface area contributed by atoms with E-state index in [-0.39, 0.29) is 11.6 Å². The number of nitrogens with zero attached hydrogens (tertiary/aromatic N) is 3. The molecule has 1 heterocycles. The molecule has 20 heavy (non-hydrogen) atoms. The molecule has 7 heteroatoms. The normalized spacial score (nSPS) is 10.6. The Morgan fingerprint density at radius 3 is 2.80 bits per heavy atom. The first kappa shape index (κ1) is 16.2. The number of rotatable bonds is 9. The lowest BCUT2D eigenvalue weighted by molar-refractivity contribution is -0.384. The predicted molar refractivity (Wildman–Crippen MR) is 78.3 cm³/mol. The zero-order valence-electron chi connectivity index (χ0n) is 12.3. The van der Waals surface area contributed by atoms with Crippen LogP contribution in [-0.2, 0) is 0 Å². The summed E-state index contributed by atoms with van der Waals surface area (Å²) in [7, 11) is 3.97. The van der Waals surface area contributed by atoms with E-state index in [1.807, 2.05) is 21.0 Å². The molecular weight excluding hydrogens is 260 g/mol. The molecule has 0 amide bonds. The second kappa shape index (κ2) is 8.31. The Balaban J connectivity index is 2.67. The van der Waals surface area contributed by atoms with E-state index in [1.165, 1.54) is 12.1 Å². The third kappa shape index (κ3) is 5.83. The fraction of sp³-hybridized carbons (Fsp3) is 0.615. The summed E-state index contributed by atoms with van der Waals surface area (Å²) >= 11 is 0. The number of ether oxygens (including phenoxy) is 1. The molecule has 7 nitrogen and oxygen atoms in total. The summed E-state index contributed by atoms with van der Waals surface area (Å²) in [5.41, 5.74) is -0.0128. The summed E-state index contributed by atoms with van der Waals surface area (Å²) in [6, 6.07) is 2.77. The van der Waals surface area contributed by atoms with E-state index in [2.05, 4.69) is 15.2 Å². The molecule has 1 N–H and O–H groups in total. The topological polar surface area (TPSA) is 80.5 Å². The minimum atomic E-state index is -0.439. The zero-order chi connectivity index (χ0) is 15.0. The first-order chi connectivity index (χ1) is 9.52. The molecule has 0 bridgehead atoms. The molecular formula is C13H22N4O3. The van der Waals surface area contributed by atoms with Gasteiger partial charge < -0.3 is 15.0 Å².